The molecule has 1 aliphatic carbocycles. The van der Waals surface area contributed by atoms with Gasteiger partial charge in [0.25, 0.3) is 0 Å². The van der Waals surface area contributed by atoms with E-state index in [0.29, 0.717) is 0 Å². The molecule has 0 aromatic rings. The van der Waals surface area contributed by atoms with Gasteiger partial charge in [-0.15, -0.1) is 0 Å². The smallest absolute Gasteiger partial charge is 0.00506 e. The van der Waals surface area contributed by atoms with Crippen molar-refractivity contribution in [2.24, 2.45) is 11.3 Å². The third kappa shape index (κ3) is 1.07. The topological polar surface area (TPSA) is 3.24 Å². The molecule has 0 aromatic heterocycles. The van der Waals surface area contributed by atoms with Crippen molar-refractivity contribution in [3.05, 3.63) is 0 Å². The van der Waals surface area contributed by atoms with Crippen molar-refractivity contribution in [3.63, 3.8) is 0 Å². The van der Waals surface area contributed by atoms with Gasteiger partial charge in [-0.1, -0.05) is 13.8 Å². The number of hydrogen-bond acceptors (Lipinski definition) is 1. The van der Waals surface area contributed by atoms with E-state index in [1.807, 2.05) is 0 Å². The van der Waals surface area contributed by atoms with Crippen LogP contribution in [-0.4, -0.2) is 24.5 Å². The molecule has 0 amide bonds. The van der Waals surface area contributed by atoms with Crippen molar-refractivity contribution in [1.82, 2.24) is 4.90 Å². The molecule has 1 spiro atoms. The van der Waals surface area contributed by atoms with Gasteiger partial charge in [0.15, 0.2) is 0 Å². The van der Waals surface area contributed by atoms with E-state index in [1.165, 1.54) is 32.5 Å². The number of likely N-dealkylation sites (tertiary alicyclic amines) is 1. The number of rotatable bonds is 2. The summed E-state index contributed by atoms with van der Waals surface area (Å²) >= 11 is 0. The van der Waals surface area contributed by atoms with Crippen molar-refractivity contribution in [2.45, 2.75) is 26.7 Å². The van der Waals surface area contributed by atoms with Gasteiger partial charge in [-0.2, -0.15) is 0 Å². The molecule has 1 heterocycles. The largest absolute Gasteiger partial charge is 0.302 e. The summed E-state index contributed by atoms with van der Waals surface area (Å²) in [5, 5.41) is 0. The summed E-state index contributed by atoms with van der Waals surface area (Å²) in [6.45, 7) is 8.74. The van der Waals surface area contributed by atoms with E-state index in [1.54, 1.807) is 0 Å². The Labute approximate surface area is 63.4 Å². The second kappa shape index (κ2) is 1.97. The Kier molecular flexibility index (Phi) is 1.31. The van der Waals surface area contributed by atoms with Gasteiger partial charge in [0, 0.05) is 19.6 Å². The highest BCUT2D eigenvalue weighted by atomic mass is 15.2. The summed E-state index contributed by atoms with van der Waals surface area (Å²) in [4.78, 5) is 2.59. The summed E-state index contributed by atoms with van der Waals surface area (Å²) in [6.07, 6.45) is 3.03. The lowest BCUT2D eigenvalue weighted by atomic mass is 9.96. The van der Waals surface area contributed by atoms with Gasteiger partial charge in [-0.25, -0.2) is 0 Å². The van der Waals surface area contributed by atoms with Crippen LogP contribution in [0.1, 0.15) is 26.7 Å². The summed E-state index contributed by atoms with van der Waals surface area (Å²) in [7, 11) is 0. The van der Waals surface area contributed by atoms with Crippen molar-refractivity contribution < 1.29 is 0 Å². The Balaban J connectivity index is 1.70. The van der Waals surface area contributed by atoms with Crippen LogP contribution in [-0.2, 0) is 0 Å². The Bertz CT molecular complexity index is 125. The Morgan fingerprint density at radius 1 is 1.30 bits per heavy atom. The van der Waals surface area contributed by atoms with E-state index in [0.717, 1.165) is 11.3 Å². The molecule has 1 saturated heterocycles. The van der Waals surface area contributed by atoms with E-state index in [2.05, 4.69) is 18.7 Å². The molecule has 0 unspecified atom stereocenters. The fraction of sp³-hybridized carbons (Fsp3) is 1.00. The number of nitrogens with zero attached hydrogens (tertiary/aromatic N) is 1. The van der Waals surface area contributed by atoms with Gasteiger partial charge in [0.2, 0.25) is 0 Å². The molecular formula is C9H17N. The molecule has 0 radical (unpaired) electrons. The third-order valence-corrected chi connectivity index (χ3v) is 2.70. The van der Waals surface area contributed by atoms with Gasteiger partial charge in [-0.3, -0.25) is 0 Å². The van der Waals surface area contributed by atoms with Gasteiger partial charge in [-0.05, 0) is 24.2 Å². The highest BCUT2D eigenvalue weighted by Gasteiger charge is 2.51. The van der Waals surface area contributed by atoms with Crippen LogP contribution in [0.4, 0.5) is 0 Å². The van der Waals surface area contributed by atoms with Crippen LogP contribution >= 0.6 is 0 Å². The minimum Gasteiger partial charge on any atom is -0.302 e. The predicted octanol–water partition coefficient (Wildman–Crippen LogP) is 1.74. The minimum absolute atomic E-state index is 0.856. The van der Waals surface area contributed by atoms with Crippen molar-refractivity contribution in [2.75, 3.05) is 19.6 Å². The summed E-state index contributed by atoms with van der Waals surface area (Å²) in [5.74, 6) is 0.857. The summed E-state index contributed by atoms with van der Waals surface area (Å²) in [5.41, 5.74) is 0.856. The molecule has 10 heavy (non-hydrogen) atoms. The fourth-order valence-electron chi connectivity index (χ4n) is 2.04. The van der Waals surface area contributed by atoms with E-state index in [9.17, 15) is 0 Å². The van der Waals surface area contributed by atoms with E-state index >= 15 is 0 Å². The zero-order valence-electron chi connectivity index (χ0n) is 7.06. The van der Waals surface area contributed by atoms with Crippen molar-refractivity contribution in [3.8, 4) is 0 Å². The first-order chi connectivity index (χ1) is 4.70. The van der Waals surface area contributed by atoms with Crippen LogP contribution in [0.25, 0.3) is 0 Å². The van der Waals surface area contributed by atoms with Crippen LogP contribution in [0.3, 0.4) is 0 Å². The molecule has 2 aliphatic rings. The zero-order valence-corrected chi connectivity index (χ0v) is 7.06. The molecule has 2 rings (SSSR count). The minimum atomic E-state index is 0.856. The maximum atomic E-state index is 2.59. The average Bonchev–Trinajstić information content (AvgIpc) is 2.41. The molecular weight excluding hydrogens is 122 g/mol. The van der Waals surface area contributed by atoms with Crippen LogP contribution in [0.2, 0.25) is 0 Å². The quantitative estimate of drug-likeness (QED) is 0.563. The van der Waals surface area contributed by atoms with Gasteiger partial charge in [0.1, 0.15) is 0 Å². The normalized spacial score (nSPS) is 29.1. The van der Waals surface area contributed by atoms with Crippen LogP contribution < -0.4 is 0 Å². The Morgan fingerprint density at radius 2 is 1.90 bits per heavy atom. The molecule has 1 heteroatoms. The number of hydrogen-bond donors (Lipinski definition) is 0. The molecule has 1 nitrogen and oxygen atoms in total. The zero-order chi connectivity index (χ0) is 7.19. The lowest BCUT2D eigenvalue weighted by Gasteiger charge is -2.40. The third-order valence-electron chi connectivity index (χ3n) is 2.70. The standard InChI is InChI=1S/C9H17N/c1-8(2)5-10-6-9(7-10)3-4-9/h8H,3-7H2,1-2H3. The fourth-order valence-corrected chi connectivity index (χ4v) is 2.04. The highest BCUT2D eigenvalue weighted by molar-refractivity contribution is 5.05. The second-order valence-electron chi connectivity index (χ2n) is 4.56. The van der Waals surface area contributed by atoms with E-state index < -0.39 is 0 Å². The van der Waals surface area contributed by atoms with Crippen molar-refractivity contribution >= 4 is 0 Å². The van der Waals surface area contributed by atoms with Gasteiger partial charge in [0.05, 0.1) is 0 Å². The van der Waals surface area contributed by atoms with Gasteiger partial charge < -0.3 is 4.90 Å². The molecule has 0 N–H and O–H groups in total. The summed E-state index contributed by atoms with van der Waals surface area (Å²) < 4.78 is 0. The first-order valence-corrected chi connectivity index (χ1v) is 4.43. The molecule has 0 atom stereocenters. The first-order valence-electron chi connectivity index (χ1n) is 4.43. The van der Waals surface area contributed by atoms with E-state index in [4.69, 9.17) is 0 Å². The molecule has 58 valence electrons. The lowest BCUT2D eigenvalue weighted by Crippen LogP contribution is -2.49. The molecule has 1 aliphatic heterocycles. The van der Waals surface area contributed by atoms with Crippen LogP contribution in [0.15, 0.2) is 0 Å². The monoisotopic (exact) mass is 139 g/mol. The lowest BCUT2D eigenvalue weighted by molar-refractivity contribution is 0.0696. The maximum absolute atomic E-state index is 2.59. The first kappa shape index (κ1) is 6.66. The SMILES string of the molecule is CC(C)CN1CC2(CC2)C1. The Hall–Kier alpha value is -0.0400. The average molecular weight is 139 g/mol. The van der Waals surface area contributed by atoms with Crippen molar-refractivity contribution in [1.29, 1.82) is 0 Å². The maximum Gasteiger partial charge on any atom is 0.00506 e. The molecule has 0 aromatic carbocycles. The second-order valence-corrected chi connectivity index (χ2v) is 4.56. The van der Waals surface area contributed by atoms with E-state index in [-0.39, 0.29) is 0 Å². The highest BCUT2D eigenvalue weighted by Crippen LogP contribution is 2.52. The Morgan fingerprint density at radius 3 is 2.30 bits per heavy atom. The molecule has 0 bridgehead atoms. The van der Waals surface area contributed by atoms with Crippen LogP contribution in [0.5, 0.6) is 0 Å². The van der Waals surface area contributed by atoms with Crippen LogP contribution in [0, 0.1) is 11.3 Å². The molecule has 2 fully saturated rings. The molecule has 1 saturated carbocycles. The summed E-state index contributed by atoms with van der Waals surface area (Å²) in [6, 6.07) is 0. The van der Waals surface area contributed by atoms with Gasteiger partial charge >= 0.3 is 0 Å². The predicted molar refractivity (Wildman–Crippen MR) is 42.9 cm³/mol.